The Morgan fingerprint density at radius 2 is 2.21 bits per heavy atom. The fourth-order valence-corrected chi connectivity index (χ4v) is 2.88. The van der Waals surface area contributed by atoms with Crippen LogP contribution in [-0.2, 0) is 16.8 Å². The average molecular weight is 266 g/mol. The van der Waals surface area contributed by atoms with Crippen molar-refractivity contribution >= 4 is 11.9 Å². The second-order valence-electron chi connectivity index (χ2n) is 5.20. The first-order chi connectivity index (χ1) is 8.95. The summed E-state index contributed by atoms with van der Waals surface area (Å²) in [6.45, 7) is 7.08. The molecule has 1 aliphatic rings. The van der Waals surface area contributed by atoms with E-state index in [1.165, 1.54) is 4.68 Å². The summed E-state index contributed by atoms with van der Waals surface area (Å²) in [5, 5.41) is 4.16. The molecule has 1 aliphatic heterocycles. The van der Waals surface area contributed by atoms with E-state index in [1.807, 2.05) is 7.05 Å². The van der Waals surface area contributed by atoms with Gasteiger partial charge in [0.1, 0.15) is 0 Å². The molecule has 0 radical (unpaired) electrons. The predicted molar refractivity (Wildman–Crippen MR) is 72.8 cm³/mol. The van der Waals surface area contributed by atoms with Crippen LogP contribution in [0.15, 0.2) is 0 Å². The van der Waals surface area contributed by atoms with Crippen molar-refractivity contribution in [3.05, 3.63) is 11.3 Å². The maximum absolute atomic E-state index is 12.0. The minimum absolute atomic E-state index is 0.221. The summed E-state index contributed by atoms with van der Waals surface area (Å²) < 4.78 is 6.40. The predicted octanol–water partition coefficient (Wildman–Crippen LogP) is 1.93. The van der Waals surface area contributed by atoms with Crippen LogP contribution in [0.4, 0.5) is 10.6 Å². The molecule has 2 rings (SSSR count). The average Bonchev–Trinajstić information content (AvgIpc) is 2.79. The smallest absolute Gasteiger partial charge is 0.435 e. The van der Waals surface area contributed by atoms with Crippen molar-refractivity contribution in [1.29, 1.82) is 0 Å². The molecule has 1 aromatic rings. The molecule has 6 heteroatoms. The van der Waals surface area contributed by atoms with E-state index in [0.29, 0.717) is 12.4 Å². The SMILES string of the molecule is CCCC1(C)c2c(c(N)nn2C(=O)OCC)CN1C. The van der Waals surface area contributed by atoms with Gasteiger partial charge in [-0.3, -0.25) is 4.90 Å². The van der Waals surface area contributed by atoms with Crippen LogP contribution in [-0.4, -0.2) is 34.4 Å². The number of hydrogen-bond acceptors (Lipinski definition) is 5. The van der Waals surface area contributed by atoms with Gasteiger partial charge in [0.05, 0.1) is 17.8 Å². The van der Waals surface area contributed by atoms with E-state index >= 15 is 0 Å². The molecule has 0 saturated carbocycles. The van der Waals surface area contributed by atoms with Gasteiger partial charge in [0, 0.05) is 12.1 Å². The van der Waals surface area contributed by atoms with Crippen molar-refractivity contribution in [3.8, 4) is 0 Å². The molecule has 0 aliphatic carbocycles. The Balaban J connectivity index is 2.51. The van der Waals surface area contributed by atoms with E-state index in [1.54, 1.807) is 6.92 Å². The molecule has 0 spiro atoms. The number of ether oxygens (including phenoxy) is 1. The largest absolute Gasteiger partial charge is 0.448 e. The molecule has 19 heavy (non-hydrogen) atoms. The molecular weight excluding hydrogens is 244 g/mol. The number of nitrogens with two attached hydrogens (primary N) is 1. The highest BCUT2D eigenvalue weighted by molar-refractivity contribution is 5.73. The Labute approximate surface area is 113 Å². The second-order valence-corrected chi connectivity index (χ2v) is 5.20. The van der Waals surface area contributed by atoms with E-state index in [-0.39, 0.29) is 5.54 Å². The summed E-state index contributed by atoms with van der Waals surface area (Å²) in [5.41, 5.74) is 7.55. The number of hydrogen-bond donors (Lipinski definition) is 1. The summed E-state index contributed by atoms with van der Waals surface area (Å²) in [7, 11) is 2.05. The maximum Gasteiger partial charge on any atom is 0.435 e. The summed E-state index contributed by atoms with van der Waals surface area (Å²) in [6.07, 6.45) is 1.52. The number of anilines is 1. The fourth-order valence-electron chi connectivity index (χ4n) is 2.88. The van der Waals surface area contributed by atoms with Crippen LogP contribution in [0.5, 0.6) is 0 Å². The summed E-state index contributed by atoms with van der Waals surface area (Å²) in [6, 6.07) is 0. The van der Waals surface area contributed by atoms with Gasteiger partial charge in [-0.25, -0.2) is 4.79 Å². The monoisotopic (exact) mass is 266 g/mol. The van der Waals surface area contributed by atoms with Gasteiger partial charge in [-0.05, 0) is 27.3 Å². The normalized spacial score (nSPS) is 22.5. The van der Waals surface area contributed by atoms with Crippen molar-refractivity contribution < 1.29 is 9.53 Å². The zero-order chi connectivity index (χ0) is 14.2. The molecule has 1 aromatic heterocycles. The van der Waals surface area contributed by atoms with Gasteiger partial charge in [0.25, 0.3) is 0 Å². The lowest BCUT2D eigenvalue weighted by Crippen LogP contribution is -2.38. The van der Waals surface area contributed by atoms with Crippen LogP contribution in [0, 0.1) is 0 Å². The Hall–Kier alpha value is -1.56. The topological polar surface area (TPSA) is 73.4 Å². The quantitative estimate of drug-likeness (QED) is 0.905. The highest BCUT2D eigenvalue weighted by Crippen LogP contribution is 2.43. The number of carbonyl (C=O) groups excluding carboxylic acids is 1. The third-order valence-electron chi connectivity index (χ3n) is 3.94. The van der Waals surface area contributed by atoms with E-state index in [4.69, 9.17) is 10.5 Å². The first-order valence-corrected chi connectivity index (χ1v) is 6.71. The third kappa shape index (κ3) is 2.00. The molecule has 0 fully saturated rings. The fraction of sp³-hybridized carbons (Fsp3) is 0.692. The van der Waals surface area contributed by atoms with Crippen molar-refractivity contribution in [2.45, 2.75) is 45.7 Å². The van der Waals surface area contributed by atoms with Crippen LogP contribution in [0.25, 0.3) is 0 Å². The van der Waals surface area contributed by atoms with Gasteiger partial charge in [-0.15, -0.1) is 5.10 Å². The minimum atomic E-state index is -0.451. The van der Waals surface area contributed by atoms with Gasteiger partial charge < -0.3 is 10.5 Å². The molecule has 2 N–H and O–H groups in total. The Bertz CT molecular complexity index is 497. The first-order valence-electron chi connectivity index (χ1n) is 6.71. The lowest BCUT2D eigenvalue weighted by molar-refractivity contribution is 0.123. The number of carbonyl (C=O) groups is 1. The highest BCUT2D eigenvalue weighted by Gasteiger charge is 2.44. The van der Waals surface area contributed by atoms with Crippen molar-refractivity contribution in [2.24, 2.45) is 0 Å². The summed E-state index contributed by atoms with van der Waals surface area (Å²) >= 11 is 0. The summed E-state index contributed by atoms with van der Waals surface area (Å²) in [4.78, 5) is 14.2. The molecule has 0 amide bonds. The van der Waals surface area contributed by atoms with Gasteiger partial charge >= 0.3 is 6.09 Å². The van der Waals surface area contributed by atoms with Crippen molar-refractivity contribution in [2.75, 3.05) is 19.4 Å². The van der Waals surface area contributed by atoms with Crippen molar-refractivity contribution in [1.82, 2.24) is 14.7 Å². The van der Waals surface area contributed by atoms with Gasteiger partial charge in [0.15, 0.2) is 5.82 Å². The third-order valence-corrected chi connectivity index (χ3v) is 3.94. The lowest BCUT2D eigenvalue weighted by Gasteiger charge is -2.33. The second kappa shape index (κ2) is 4.85. The standard InChI is InChI=1S/C13H22N4O2/c1-5-7-13(3)10-9(8-16(13)4)11(14)15-17(10)12(18)19-6-2/h5-8H2,1-4H3,(H2,14,15). The lowest BCUT2D eigenvalue weighted by atomic mass is 9.92. The zero-order valence-electron chi connectivity index (χ0n) is 12.1. The van der Waals surface area contributed by atoms with Crippen LogP contribution >= 0.6 is 0 Å². The molecule has 6 nitrogen and oxygen atoms in total. The van der Waals surface area contributed by atoms with Crippen molar-refractivity contribution in [3.63, 3.8) is 0 Å². The molecule has 0 aromatic carbocycles. The molecule has 0 bridgehead atoms. The first kappa shape index (κ1) is 13.9. The van der Waals surface area contributed by atoms with Gasteiger partial charge in [-0.2, -0.15) is 4.68 Å². The molecule has 1 unspecified atom stereocenters. The van der Waals surface area contributed by atoms with E-state index in [9.17, 15) is 4.79 Å². The van der Waals surface area contributed by atoms with E-state index < -0.39 is 6.09 Å². The number of nitrogens with zero attached hydrogens (tertiary/aromatic N) is 3. The van der Waals surface area contributed by atoms with Gasteiger partial charge in [-0.1, -0.05) is 13.3 Å². The number of nitrogen functional groups attached to an aromatic ring is 1. The maximum atomic E-state index is 12.0. The van der Waals surface area contributed by atoms with Gasteiger partial charge in [0.2, 0.25) is 0 Å². The Kier molecular flexibility index (Phi) is 3.54. The molecule has 2 heterocycles. The zero-order valence-corrected chi connectivity index (χ0v) is 12.1. The van der Waals surface area contributed by atoms with Crippen LogP contribution < -0.4 is 5.73 Å². The molecular formula is C13H22N4O2. The molecule has 0 saturated heterocycles. The molecule has 1 atom stereocenters. The Morgan fingerprint density at radius 1 is 1.53 bits per heavy atom. The van der Waals surface area contributed by atoms with Crippen LogP contribution in [0.1, 0.15) is 44.9 Å². The molecule has 106 valence electrons. The Morgan fingerprint density at radius 3 is 2.79 bits per heavy atom. The number of aromatic nitrogens is 2. The van der Waals surface area contributed by atoms with E-state index in [0.717, 1.165) is 30.6 Å². The summed E-state index contributed by atoms with van der Waals surface area (Å²) in [5.74, 6) is 0.426. The number of fused-ring (bicyclic) bond motifs is 1. The number of rotatable bonds is 3. The van der Waals surface area contributed by atoms with E-state index in [2.05, 4.69) is 23.8 Å². The highest BCUT2D eigenvalue weighted by atomic mass is 16.6. The minimum Gasteiger partial charge on any atom is -0.448 e. The van der Waals surface area contributed by atoms with Crippen LogP contribution in [0.3, 0.4) is 0 Å². The van der Waals surface area contributed by atoms with Crippen LogP contribution in [0.2, 0.25) is 0 Å².